The van der Waals surface area contributed by atoms with E-state index in [1.54, 1.807) is 6.92 Å². The maximum absolute atomic E-state index is 15.1. The van der Waals surface area contributed by atoms with Crippen molar-refractivity contribution in [2.75, 3.05) is 19.0 Å². The van der Waals surface area contributed by atoms with Gasteiger partial charge in [-0.05, 0) is 38.5 Å². The van der Waals surface area contributed by atoms with Crippen LogP contribution in [0.15, 0.2) is 18.3 Å². The lowest BCUT2D eigenvalue weighted by Crippen LogP contribution is -2.22. The first-order valence-corrected chi connectivity index (χ1v) is 11.7. The zero-order chi connectivity index (χ0) is 29.0. The molecular formula is C24H28ClF4N5O4. The highest BCUT2D eigenvalue weighted by Gasteiger charge is 2.31. The number of nitrogens with one attached hydrogen (secondary N) is 1. The molecule has 0 saturated carbocycles. The number of ether oxygens (including phenoxy) is 2. The molecule has 38 heavy (non-hydrogen) atoms. The number of alkyl halides is 3. The number of benzene rings is 1. The van der Waals surface area contributed by atoms with Crippen LogP contribution in [0, 0.1) is 12.7 Å². The highest BCUT2D eigenvalue weighted by atomic mass is 35.5. The third-order valence-corrected chi connectivity index (χ3v) is 5.22. The summed E-state index contributed by atoms with van der Waals surface area (Å²) in [6.07, 6.45) is -3.38. The lowest BCUT2D eigenvalue weighted by Gasteiger charge is -2.16. The molecule has 0 aliphatic rings. The topological polar surface area (TPSA) is 111 Å². The van der Waals surface area contributed by atoms with Crippen molar-refractivity contribution < 1.29 is 36.9 Å². The molecule has 0 bridgehead atoms. The van der Waals surface area contributed by atoms with Gasteiger partial charge < -0.3 is 19.9 Å². The Bertz CT molecular complexity index is 1310. The summed E-state index contributed by atoms with van der Waals surface area (Å²) in [7, 11) is 2.76. The number of anilines is 1. The van der Waals surface area contributed by atoms with Crippen LogP contribution in [0.2, 0.25) is 5.02 Å². The average molecular weight is 562 g/mol. The van der Waals surface area contributed by atoms with Crippen LogP contribution < -0.4 is 14.8 Å². The quantitative estimate of drug-likeness (QED) is 0.370. The van der Waals surface area contributed by atoms with Gasteiger partial charge in [0.15, 0.2) is 18.3 Å². The first-order valence-electron chi connectivity index (χ1n) is 11.3. The van der Waals surface area contributed by atoms with Crippen molar-refractivity contribution in [2.24, 2.45) is 7.05 Å². The molecule has 0 aliphatic heterocycles. The smallest absolute Gasteiger partial charge is 0.422 e. The van der Waals surface area contributed by atoms with Gasteiger partial charge in [0.25, 0.3) is 5.91 Å². The molecule has 1 aromatic carbocycles. The van der Waals surface area contributed by atoms with Gasteiger partial charge in [-0.2, -0.15) is 18.3 Å². The van der Waals surface area contributed by atoms with Crippen LogP contribution in [0.5, 0.6) is 11.6 Å². The van der Waals surface area contributed by atoms with Gasteiger partial charge in [-0.1, -0.05) is 25.4 Å². The molecule has 2 heterocycles. The first kappa shape index (κ1) is 30.8. The number of methoxy groups -OCH3 is 1. The van der Waals surface area contributed by atoms with Gasteiger partial charge in [-0.15, -0.1) is 0 Å². The zero-order valence-electron chi connectivity index (χ0n) is 21.8. The average Bonchev–Trinajstić information content (AvgIpc) is 3.23. The number of hydrogen-bond acceptors (Lipinski definition) is 7. The molecule has 2 aromatic heterocycles. The number of carbonyl (C=O) groups is 1. The number of aromatic nitrogens is 4. The summed E-state index contributed by atoms with van der Waals surface area (Å²) in [6.45, 7) is 6.70. The Balaban J connectivity index is 0.00000247. The molecule has 208 valence electrons. The van der Waals surface area contributed by atoms with E-state index in [9.17, 15) is 23.1 Å². The lowest BCUT2D eigenvalue weighted by atomic mass is 10.1. The maximum Gasteiger partial charge on any atom is 0.422 e. The minimum Gasteiger partial charge on any atom is -0.483 e. The minimum atomic E-state index is -4.74. The monoisotopic (exact) mass is 561 g/mol. The van der Waals surface area contributed by atoms with Crippen molar-refractivity contribution in [1.82, 2.24) is 19.7 Å². The van der Waals surface area contributed by atoms with Crippen molar-refractivity contribution >= 4 is 23.2 Å². The summed E-state index contributed by atoms with van der Waals surface area (Å²) in [5, 5.41) is 16.6. The van der Waals surface area contributed by atoms with E-state index in [4.69, 9.17) is 21.1 Å². The van der Waals surface area contributed by atoms with E-state index < -0.39 is 41.4 Å². The fourth-order valence-electron chi connectivity index (χ4n) is 3.25. The highest BCUT2D eigenvalue weighted by molar-refractivity contribution is 6.35. The number of amides is 1. The fourth-order valence-corrected chi connectivity index (χ4v) is 3.57. The van der Waals surface area contributed by atoms with Gasteiger partial charge in [0.05, 0.1) is 23.9 Å². The summed E-state index contributed by atoms with van der Waals surface area (Å²) in [4.78, 5) is 21.1. The number of carbonyl (C=O) groups excluding carboxylic acids is 1. The largest absolute Gasteiger partial charge is 0.483 e. The van der Waals surface area contributed by atoms with Crippen LogP contribution in [0.25, 0.3) is 11.4 Å². The van der Waals surface area contributed by atoms with Crippen molar-refractivity contribution in [3.63, 3.8) is 0 Å². The van der Waals surface area contributed by atoms with Gasteiger partial charge in [0, 0.05) is 13.2 Å². The van der Waals surface area contributed by atoms with Crippen molar-refractivity contribution in [3.05, 3.63) is 46.1 Å². The Hall–Kier alpha value is -3.45. The Morgan fingerprint density at radius 3 is 2.39 bits per heavy atom. The molecule has 0 radical (unpaired) electrons. The Morgan fingerprint density at radius 2 is 1.87 bits per heavy atom. The van der Waals surface area contributed by atoms with Crippen LogP contribution in [-0.2, 0) is 12.6 Å². The second-order valence-corrected chi connectivity index (χ2v) is 8.65. The van der Waals surface area contributed by atoms with E-state index in [-0.39, 0.29) is 33.8 Å². The van der Waals surface area contributed by atoms with E-state index in [2.05, 4.69) is 20.4 Å². The van der Waals surface area contributed by atoms with E-state index in [1.165, 1.54) is 38.9 Å². The molecule has 3 aromatic rings. The third-order valence-electron chi connectivity index (χ3n) is 4.87. The number of nitrogens with zero attached hydrogens (tertiary/aromatic N) is 4. The maximum atomic E-state index is 15.1. The second kappa shape index (κ2) is 11.9. The summed E-state index contributed by atoms with van der Waals surface area (Å²) in [5.74, 6) is -2.74. The molecule has 1 amide bonds. The summed E-state index contributed by atoms with van der Waals surface area (Å²) < 4.78 is 64.9. The normalized spacial score (nSPS) is 11.5. The second-order valence-electron chi connectivity index (χ2n) is 8.27. The summed E-state index contributed by atoms with van der Waals surface area (Å²) in [6, 6.07) is 1.60. The van der Waals surface area contributed by atoms with Gasteiger partial charge in [-0.3, -0.25) is 4.79 Å². The first-order chi connectivity index (χ1) is 17.6. The fraction of sp³-hybridized carbons (Fsp3) is 0.417. The van der Waals surface area contributed by atoms with Crippen LogP contribution in [0.4, 0.5) is 23.2 Å². The van der Waals surface area contributed by atoms with Crippen molar-refractivity contribution in [2.45, 2.75) is 46.4 Å². The molecule has 3 rings (SSSR count). The predicted octanol–water partition coefficient (Wildman–Crippen LogP) is 5.43. The van der Waals surface area contributed by atoms with Crippen LogP contribution >= 0.6 is 11.6 Å². The summed E-state index contributed by atoms with van der Waals surface area (Å²) >= 11 is 6.20. The highest BCUT2D eigenvalue weighted by Crippen LogP contribution is 2.35. The number of aryl methyl sites for hydroxylation is 2. The molecular weight excluding hydrogens is 534 g/mol. The molecule has 0 unspecified atom stereocenters. The van der Waals surface area contributed by atoms with Gasteiger partial charge in [0.2, 0.25) is 5.88 Å². The van der Waals surface area contributed by atoms with Gasteiger partial charge in [-0.25, -0.2) is 19.0 Å². The Morgan fingerprint density at radius 1 is 1.24 bits per heavy atom. The van der Waals surface area contributed by atoms with Gasteiger partial charge in [0.1, 0.15) is 22.2 Å². The van der Waals surface area contributed by atoms with Crippen LogP contribution in [-0.4, -0.2) is 50.7 Å². The van der Waals surface area contributed by atoms with Crippen LogP contribution in [0.1, 0.15) is 49.4 Å². The molecule has 0 atom stereocenters. The Labute approximate surface area is 221 Å². The number of hydrogen-bond donors (Lipinski definition) is 2. The van der Waals surface area contributed by atoms with Crippen molar-refractivity contribution in [1.29, 1.82) is 0 Å². The standard InChI is InChI=1S/C22H22ClF4N5O4.C2H6/c1-10-8-28-19(35-5)15(23)16(10)29-18(33)12-6-13(24)11(7-14(12)36-9-22(25,26)27)17-30-20(21(2,3)34)32(4)31-17;1-2/h6-8,34H,9H2,1-5H3,(H,28,29,33);1-2H3. The molecule has 0 saturated heterocycles. The van der Waals surface area contributed by atoms with E-state index in [0.29, 0.717) is 11.6 Å². The molecule has 0 spiro atoms. The predicted molar refractivity (Wildman–Crippen MR) is 133 cm³/mol. The summed E-state index contributed by atoms with van der Waals surface area (Å²) in [5.41, 5.74) is -1.82. The molecule has 2 N–H and O–H groups in total. The molecule has 9 nitrogen and oxygen atoms in total. The number of rotatable bonds is 7. The SMILES string of the molecule is CC.COc1ncc(C)c(NC(=O)c2cc(F)c(-c3nc(C(C)(C)O)n(C)n3)cc2OCC(F)(F)F)c1Cl. The van der Waals surface area contributed by atoms with Crippen LogP contribution in [0.3, 0.4) is 0 Å². The number of halogens is 5. The number of aliphatic hydroxyl groups is 1. The van der Waals surface area contributed by atoms with E-state index in [1.807, 2.05) is 13.8 Å². The van der Waals surface area contributed by atoms with E-state index in [0.717, 1.165) is 6.07 Å². The lowest BCUT2D eigenvalue weighted by molar-refractivity contribution is -0.153. The molecule has 0 aliphatic carbocycles. The Kier molecular flexibility index (Phi) is 9.67. The molecule has 14 heteroatoms. The zero-order valence-corrected chi connectivity index (χ0v) is 22.5. The van der Waals surface area contributed by atoms with Gasteiger partial charge >= 0.3 is 6.18 Å². The van der Waals surface area contributed by atoms with Crippen molar-refractivity contribution in [3.8, 4) is 23.0 Å². The number of pyridine rings is 1. The molecule has 0 fully saturated rings. The minimum absolute atomic E-state index is 0.00326. The third kappa shape index (κ3) is 7.10. The van der Waals surface area contributed by atoms with E-state index >= 15 is 4.39 Å².